The number of carboxylic acid groups (broad SMARTS) is 1. The number of rotatable bonds is 8. The lowest BCUT2D eigenvalue weighted by molar-refractivity contribution is -0.140. The SMILES string of the molecule is C=C(C)C(=O)OCCOCC.CCC1CCC(C=C(C)C(=O)O)CC1. The van der Waals surface area contributed by atoms with E-state index in [0.29, 0.717) is 36.9 Å². The second-order valence-electron chi connectivity index (χ2n) is 6.46. The lowest BCUT2D eigenvalue weighted by Gasteiger charge is -2.25. The summed E-state index contributed by atoms with van der Waals surface area (Å²) in [6, 6.07) is 0. The summed E-state index contributed by atoms with van der Waals surface area (Å²) in [6.45, 7) is 12.3. The predicted octanol–water partition coefficient (Wildman–Crippen LogP) is 4.38. The molecule has 1 N–H and O–H groups in total. The minimum absolute atomic E-state index is 0.305. The average molecular weight is 354 g/mol. The molecule has 0 amide bonds. The Kier molecular flexibility index (Phi) is 12.8. The summed E-state index contributed by atoms with van der Waals surface area (Å²) in [7, 11) is 0. The van der Waals surface area contributed by atoms with Crippen LogP contribution in [0.25, 0.3) is 0 Å². The highest BCUT2D eigenvalue weighted by Crippen LogP contribution is 2.31. The molecule has 0 aromatic rings. The molecule has 1 saturated carbocycles. The molecule has 25 heavy (non-hydrogen) atoms. The third-order valence-corrected chi connectivity index (χ3v) is 4.31. The molecule has 0 aromatic heterocycles. The van der Waals surface area contributed by atoms with Gasteiger partial charge >= 0.3 is 11.9 Å². The van der Waals surface area contributed by atoms with Crippen molar-refractivity contribution >= 4 is 11.9 Å². The van der Waals surface area contributed by atoms with Gasteiger partial charge in [-0.2, -0.15) is 0 Å². The third-order valence-electron chi connectivity index (χ3n) is 4.31. The van der Waals surface area contributed by atoms with Crippen molar-refractivity contribution in [3.05, 3.63) is 23.8 Å². The lowest BCUT2D eigenvalue weighted by atomic mass is 9.80. The van der Waals surface area contributed by atoms with Crippen LogP contribution in [0.4, 0.5) is 0 Å². The highest BCUT2D eigenvalue weighted by atomic mass is 16.6. The maximum atomic E-state index is 10.7. The van der Waals surface area contributed by atoms with E-state index >= 15 is 0 Å². The first-order valence-corrected chi connectivity index (χ1v) is 9.13. The molecular weight excluding hydrogens is 320 g/mol. The van der Waals surface area contributed by atoms with Crippen molar-refractivity contribution in [1.29, 1.82) is 0 Å². The first-order valence-electron chi connectivity index (χ1n) is 9.13. The van der Waals surface area contributed by atoms with Crippen LogP contribution in [0.2, 0.25) is 0 Å². The molecule has 0 saturated heterocycles. The Balaban J connectivity index is 0.000000477. The van der Waals surface area contributed by atoms with Crippen LogP contribution in [0.1, 0.15) is 59.8 Å². The smallest absolute Gasteiger partial charge is 0.333 e. The number of carbonyl (C=O) groups is 2. The maximum Gasteiger partial charge on any atom is 0.333 e. The molecule has 0 unspecified atom stereocenters. The summed E-state index contributed by atoms with van der Waals surface area (Å²) in [5, 5.41) is 8.74. The van der Waals surface area contributed by atoms with Gasteiger partial charge in [-0.25, -0.2) is 9.59 Å². The van der Waals surface area contributed by atoms with Crippen molar-refractivity contribution in [2.24, 2.45) is 11.8 Å². The maximum absolute atomic E-state index is 10.7. The van der Waals surface area contributed by atoms with Gasteiger partial charge in [-0.3, -0.25) is 0 Å². The molecule has 5 heteroatoms. The van der Waals surface area contributed by atoms with Crippen LogP contribution in [0, 0.1) is 11.8 Å². The monoisotopic (exact) mass is 354 g/mol. The molecule has 0 spiro atoms. The molecule has 1 aliphatic carbocycles. The first-order chi connectivity index (χ1) is 11.8. The van der Waals surface area contributed by atoms with Crippen LogP contribution in [0.5, 0.6) is 0 Å². The van der Waals surface area contributed by atoms with E-state index in [1.54, 1.807) is 13.8 Å². The largest absolute Gasteiger partial charge is 0.478 e. The van der Waals surface area contributed by atoms with Crippen molar-refractivity contribution in [2.75, 3.05) is 19.8 Å². The number of aliphatic carboxylic acids is 1. The van der Waals surface area contributed by atoms with Crippen LogP contribution in [0.15, 0.2) is 23.8 Å². The molecule has 0 bridgehead atoms. The predicted molar refractivity (Wildman–Crippen MR) is 99.4 cm³/mol. The zero-order valence-electron chi connectivity index (χ0n) is 16.2. The van der Waals surface area contributed by atoms with Crippen molar-refractivity contribution in [3.63, 3.8) is 0 Å². The van der Waals surface area contributed by atoms with Gasteiger partial charge in [0, 0.05) is 17.8 Å². The summed E-state index contributed by atoms with van der Waals surface area (Å²) >= 11 is 0. The van der Waals surface area contributed by atoms with E-state index in [1.165, 1.54) is 32.1 Å². The van der Waals surface area contributed by atoms with E-state index in [1.807, 2.05) is 13.0 Å². The molecule has 5 nitrogen and oxygen atoms in total. The average Bonchev–Trinajstić information content (AvgIpc) is 2.59. The van der Waals surface area contributed by atoms with Crippen molar-refractivity contribution < 1.29 is 24.2 Å². The van der Waals surface area contributed by atoms with Crippen LogP contribution < -0.4 is 0 Å². The zero-order valence-corrected chi connectivity index (χ0v) is 16.2. The normalized spacial score (nSPS) is 20.2. The molecule has 1 rings (SSSR count). The summed E-state index contributed by atoms with van der Waals surface area (Å²) in [4.78, 5) is 21.4. The van der Waals surface area contributed by atoms with Gasteiger partial charge in [0.05, 0.1) is 6.61 Å². The molecule has 0 aliphatic heterocycles. The van der Waals surface area contributed by atoms with Crippen LogP contribution in [0.3, 0.4) is 0 Å². The van der Waals surface area contributed by atoms with Gasteiger partial charge in [0.25, 0.3) is 0 Å². The van der Waals surface area contributed by atoms with Crippen molar-refractivity contribution in [2.45, 2.75) is 59.8 Å². The van der Waals surface area contributed by atoms with E-state index in [9.17, 15) is 9.59 Å². The Bertz CT molecular complexity index is 445. The van der Waals surface area contributed by atoms with E-state index in [4.69, 9.17) is 14.6 Å². The molecule has 0 aromatic carbocycles. The number of ether oxygens (including phenoxy) is 2. The molecule has 0 radical (unpaired) electrons. The van der Waals surface area contributed by atoms with Gasteiger partial charge < -0.3 is 14.6 Å². The third kappa shape index (κ3) is 11.5. The second-order valence-corrected chi connectivity index (χ2v) is 6.46. The van der Waals surface area contributed by atoms with Gasteiger partial charge in [-0.1, -0.05) is 26.0 Å². The number of hydrogen-bond acceptors (Lipinski definition) is 4. The molecule has 1 aliphatic rings. The van der Waals surface area contributed by atoms with Crippen molar-refractivity contribution in [1.82, 2.24) is 0 Å². The minimum Gasteiger partial charge on any atom is -0.478 e. The fraction of sp³-hybridized carbons (Fsp3) is 0.700. The topological polar surface area (TPSA) is 72.8 Å². The summed E-state index contributed by atoms with van der Waals surface area (Å²) in [6.07, 6.45) is 8.09. The van der Waals surface area contributed by atoms with E-state index in [0.717, 1.165) is 5.92 Å². The summed E-state index contributed by atoms with van der Waals surface area (Å²) < 4.78 is 9.70. The first kappa shape index (κ1) is 23.4. The van der Waals surface area contributed by atoms with E-state index in [2.05, 4.69) is 13.5 Å². The molecule has 144 valence electrons. The van der Waals surface area contributed by atoms with Gasteiger partial charge in [0.1, 0.15) is 6.61 Å². The quantitative estimate of drug-likeness (QED) is 0.398. The minimum atomic E-state index is -0.775. The van der Waals surface area contributed by atoms with E-state index in [-0.39, 0.29) is 5.97 Å². The molecule has 0 atom stereocenters. The molecule has 1 fully saturated rings. The standard InChI is InChI=1S/C12H20O2.C8H14O3/c1-3-10-4-6-11(7-5-10)8-9(2)12(13)14;1-4-10-5-6-11-8(9)7(2)3/h8,10-11H,3-7H2,1-2H3,(H,13,14);2,4-6H2,1,3H3. The summed E-state index contributed by atoms with van der Waals surface area (Å²) in [5.74, 6) is 0.256. The Labute approximate surface area is 152 Å². The Morgan fingerprint density at radius 1 is 1.12 bits per heavy atom. The number of carbonyl (C=O) groups excluding carboxylic acids is 1. The number of allylic oxidation sites excluding steroid dienone is 1. The second kappa shape index (κ2) is 13.6. The van der Waals surface area contributed by atoms with Crippen molar-refractivity contribution in [3.8, 4) is 0 Å². The van der Waals surface area contributed by atoms with Gasteiger partial charge in [0.15, 0.2) is 0 Å². The number of hydrogen-bond donors (Lipinski definition) is 1. The number of esters is 1. The fourth-order valence-corrected chi connectivity index (χ4v) is 2.65. The Hall–Kier alpha value is -1.62. The lowest BCUT2D eigenvalue weighted by Crippen LogP contribution is -2.13. The van der Waals surface area contributed by atoms with Crippen LogP contribution >= 0.6 is 0 Å². The molecular formula is C20H34O5. The van der Waals surface area contributed by atoms with Gasteiger partial charge in [-0.05, 0) is 58.3 Å². The van der Waals surface area contributed by atoms with E-state index < -0.39 is 5.97 Å². The van der Waals surface area contributed by atoms with Crippen LogP contribution in [-0.2, 0) is 19.1 Å². The Morgan fingerprint density at radius 2 is 1.72 bits per heavy atom. The molecule has 0 heterocycles. The fourth-order valence-electron chi connectivity index (χ4n) is 2.65. The zero-order chi connectivity index (χ0) is 19.2. The van der Waals surface area contributed by atoms with Gasteiger partial charge in [0.2, 0.25) is 0 Å². The van der Waals surface area contributed by atoms with Crippen LogP contribution in [-0.4, -0.2) is 36.9 Å². The highest BCUT2D eigenvalue weighted by molar-refractivity contribution is 5.87. The Morgan fingerprint density at radius 3 is 2.16 bits per heavy atom. The van der Waals surface area contributed by atoms with Gasteiger partial charge in [-0.15, -0.1) is 0 Å². The summed E-state index contributed by atoms with van der Waals surface area (Å²) in [5.41, 5.74) is 0.923. The highest BCUT2D eigenvalue weighted by Gasteiger charge is 2.18. The number of carboxylic acids is 1.